The number of halogens is 3. The summed E-state index contributed by atoms with van der Waals surface area (Å²) in [6, 6.07) is 0. The Balaban J connectivity index is 3.60. The molecule has 0 atom stereocenters. The minimum atomic E-state index is -1.66. The molecule has 1 aromatic rings. The van der Waals surface area contributed by atoms with Crippen LogP contribution >= 0.6 is 0 Å². The van der Waals surface area contributed by atoms with Crippen LogP contribution in [-0.4, -0.2) is 5.11 Å². The topological polar surface area (TPSA) is 46.2 Å². The molecule has 0 fully saturated rings. The molecule has 3 N–H and O–H groups in total. The van der Waals surface area contributed by atoms with Crippen LogP contribution in [0.15, 0.2) is 0 Å². The molecule has 1 aromatic carbocycles. The highest BCUT2D eigenvalue weighted by molar-refractivity contribution is 5.57. The van der Waals surface area contributed by atoms with Crippen molar-refractivity contribution in [3.05, 3.63) is 23.0 Å². The molecule has 0 bridgehead atoms. The summed E-state index contributed by atoms with van der Waals surface area (Å²) in [7, 11) is 0. The highest BCUT2D eigenvalue weighted by atomic mass is 19.2. The number of phenolic OH excluding ortho intramolecular Hbond substituents is 1. The Morgan fingerprint density at radius 3 is 2.08 bits per heavy atom. The van der Waals surface area contributed by atoms with E-state index in [9.17, 15) is 13.2 Å². The Hall–Kier alpha value is -1.39. The van der Waals surface area contributed by atoms with E-state index in [1.165, 1.54) is 0 Å². The highest BCUT2D eigenvalue weighted by Crippen LogP contribution is 2.31. The predicted molar refractivity (Wildman–Crippen MR) is 37.1 cm³/mol. The summed E-state index contributed by atoms with van der Waals surface area (Å²) in [5.41, 5.74) is 3.75. The summed E-state index contributed by atoms with van der Waals surface area (Å²) < 4.78 is 37.6. The summed E-state index contributed by atoms with van der Waals surface area (Å²) in [4.78, 5) is 0. The number of anilines is 1. The Morgan fingerprint density at radius 2 is 1.58 bits per heavy atom. The van der Waals surface area contributed by atoms with Gasteiger partial charge in [-0.25, -0.2) is 13.2 Å². The third-order valence-corrected chi connectivity index (χ3v) is 1.56. The lowest BCUT2D eigenvalue weighted by atomic mass is 10.1. The molecule has 2 nitrogen and oxygen atoms in total. The third kappa shape index (κ3) is 0.975. The molecule has 12 heavy (non-hydrogen) atoms. The maximum atomic E-state index is 12.6. The lowest BCUT2D eigenvalue weighted by Crippen LogP contribution is -2.01. The van der Waals surface area contributed by atoms with E-state index in [0.29, 0.717) is 0 Å². The first-order valence-electron chi connectivity index (χ1n) is 3.08. The fraction of sp³-hybridized carbons (Fsp3) is 0.143. The molecule has 0 saturated heterocycles. The third-order valence-electron chi connectivity index (χ3n) is 1.56. The second kappa shape index (κ2) is 2.58. The van der Waals surface area contributed by atoms with Crippen molar-refractivity contribution in [2.45, 2.75) is 6.92 Å². The second-order valence-electron chi connectivity index (χ2n) is 2.33. The number of nitrogen functional groups attached to an aromatic ring is 1. The molecule has 0 heterocycles. The highest BCUT2D eigenvalue weighted by Gasteiger charge is 2.19. The fourth-order valence-electron chi connectivity index (χ4n) is 0.789. The van der Waals surface area contributed by atoms with Gasteiger partial charge in [0.15, 0.2) is 17.5 Å². The van der Waals surface area contributed by atoms with Crippen molar-refractivity contribution in [1.29, 1.82) is 0 Å². The van der Waals surface area contributed by atoms with Crippen LogP contribution in [0.1, 0.15) is 5.56 Å². The molecule has 0 unspecified atom stereocenters. The summed E-state index contributed by atoms with van der Waals surface area (Å²) in [6.45, 7) is 1.10. The zero-order valence-electron chi connectivity index (χ0n) is 6.16. The van der Waals surface area contributed by atoms with Crippen LogP contribution in [0.3, 0.4) is 0 Å². The number of phenols is 1. The molecular weight excluding hydrogens is 171 g/mol. The lowest BCUT2D eigenvalue weighted by Gasteiger charge is -2.06. The van der Waals surface area contributed by atoms with Crippen molar-refractivity contribution in [3.63, 3.8) is 0 Å². The first kappa shape index (κ1) is 8.70. The molecule has 0 aliphatic rings. The minimum absolute atomic E-state index is 0.397. The quantitative estimate of drug-likeness (QED) is 0.360. The van der Waals surface area contributed by atoms with Gasteiger partial charge in [0.2, 0.25) is 0 Å². The first-order valence-corrected chi connectivity index (χ1v) is 3.08. The summed E-state index contributed by atoms with van der Waals surface area (Å²) >= 11 is 0. The Bertz CT molecular complexity index is 233. The van der Waals surface area contributed by atoms with Gasteiger partial charge in [-0.1, -0.05) is 0 Å². The molecule has 0 amide bonds. The van der Waals surface area contributed by atoms with Gasteiger partial charge in [0.25, 0.3) is 0 Å². The molecule has 0 aromatic heterocycles. The van der Waals surface area contributed by atoms with Crippen LogP contribution in [-0.2, 0) is 0 Å². The average Bonchev–Trinajstić information content (AvgIpc) is 2.08. The predicted octanol–water partition coefficient (Wildman–Crippen LogP) is 1.70. The van der Waals surface area contributed by atoms with E-state index in [1.807, 2.05) is 0 Å². The molecule has 0 aliphatic heterocycles. The first-order chi connectivity index (χ1) is 5.46. The summed E-state index contributed by atoms with van der Waals surface area (Å²) in [6.07, 6.45) is 0. The second-order valence-corrected chi connectivity index (χ2v) is 2.33. The standard InChI is InChI=1S/C7H6F3NO/c1-2-3(8)4(9)5(10)6(11)7(2)12/h12H,11H2,1H3. The van der Waals surface area contributed by atoms with Gasteiger partial charge in [0, 0.05) is 5.56 Å². The van der Waals surface area contributed by atoms with E-state index in [1.54, 1.807) is 0 Å². The molecule has 0 radical (unpaired) electrons. The van der Waals surface area contributed by atoms with Gasteiger partial charge in [0.05, 0.1) is 0 Å². The average molecular weight is 177 g/mol. The van der Waals surface area contributed by atoms with Crippen molar-refractivity contribution in [2.75, 3.05) is 5.73 Å². The Morgan fingerprint density at radius 1 is 1.08 bits per heavy atom. The van der Waals surface area contributed by atoms with Gasteiger partial charge in [-0.05, 0) is 6.92 Å². The van der Waals surface area contributed by atoms with E-state index < -0.39 is 34.5 Å². The molecule has 0 spiro atoms. The molecule has 1 rings (SSSR count). The minimum Gasteiger partial charge on any atom is -0.505 e. The van der Waals surface area contributed by atoms with Crippen LogP contribution in [0.5, 0.6) is 5.75 Å². The van der Waals surface area contributed by atoms with Gasteiger partial charge in [-0.3, -0.25) is 0 Å². The molecule has 0 aliphatic carbocycles. The van der Waals surface area contributed by atoms with Gasteiger partial charge < -0.3 is 10.8 Å². The smallest absolute Gasteiger partial charge is 0.197 e. The molecular formula is C7H6F3NO. The summed E-state index contributed by atoms with van der Waals surface area (Å²) in [5.74, 6) is -5.40. The van der Waals surface area contributed by atoms with Crippen molar-refractivity contribution >= 4 is 5.69 Å². The Labute approximate surface area is 66.4 Å². The molecule has 66 valence electrons. The largest absolute Gasteiger partial charge is 0.505 e. The van der Waals surface area contributed by atoms with Crippen LogP contribution in [0.2, 0.25) is 0 Å². The van der Waals surface area contributed by atoms with Gasteiger partial charge >= 0.3 is 0 Å². The summed E-state index contributed by atoms with van der Waals surface area (Å²) in [5, 5.41) is 8.92. The number of benzene rings is 1. The van der Waals surface area contributed by atoms with E-state index in [-0.39, 0.29) is 0 Å². The molecule has 0 saturated carbocycles. The maximum absolute atomic E-state index is 12.6. The zero-order chi connectivity index (χ0) is 9.46. The van der Waals surface area contributed by atoms with Crippen molar-refractivity contribution in [3.8, 4) is 5.75 Å². The normalized spacial score (nSPS) is 10.3. The molecule has 5 heteroatoms. The van der Waals surface area contributed by atoms with E-state index in [2.05, 4.69) is 0 Å². The van der Waals surface area contributed by atoms with Gasteiger partial charge in [-0.15, -0.1) is 0 Å². The van der Waals surface area contributed by atoms with E-state index >= 15 is 0 Å². The number of hydrogen-bond donors (Lipinski definition) is 2. The number of aromatic hydroxyl groups is 1. The van der Waals surface area contributed by atoms with E-state index in [4.69, 9.17) is 10.8 Å². The van der Waals surface area contributed by atoms with Gasteiger partial charge in [0.1, 0.15) is 11.4 Å². The maximum Gasteiger partial charge on any atom is 0.197 e. The number of rotatable bonds is 0. The SMILES string of the molecule is Cc1c(O)c(N)c(F)c(F)c1F. The van der Waals surface area contributed by atoms with Crippen LogP contribution in [0, 0.1) is 24.4 Å². The number of hydrogen-bond acceptors (Lipinski definition) is 2. The Kier molecular flexibility index (Phi) is 1.87. The lowest BCUT2D eigenvalue weighted by molar-refractivity contribution is 0.417. The van der Waals surface area contributed by atoms with Gasteiger partial charge in [-0.2, -0.15) is 0 Å². The van der Waals surface area contributed by atoms with E-state index in [0.717, 1.165) is 6.92 Å². The fourth-order valence-corrected chi connectivity index (χ4v) is 0.789. The van der Waals surface area contributed by atoms with Crippen LogP contribution in [0.4, 0.5) is 18.9 Å². The zero-order valence-corrected chi connectivity index (χ0v) is 6.16. The number of nitrogens with two attached hydrogens (primary N) is 1. The van der Waals surface area contributed by atoms with Crippen molar-refractivity contribution in [2.24, 2.45) is 0 Å². The van der Waals surface area contributed by atoms with Crippen LogP contribution < -0.4 is 5.73 Å². The van der Waals surface area contributed by atoms with Crippen molar-refractivity contribution in [1.82, 2.24) is 0 Å². The monoisotopic (exact) mass is 177 g/mol. The van der Waals surface area contributed by atoms with Crippen LogP contribution in [0.25, 0.3) is 0 Å². The van der Waals surface area contributed by atoms with Crippen molar-refractivity contribution < 1.29 is 18.3 Å².